The summed E-state index contributed by atoms with van der Waals surface area (Å²) in [4.78, 5) is 27.2. The summed E-state index contributed by atoms with van der Waals surface area (Å²) in [5.41, 5.74) is 2.76. The first kappa shape index (κ1) is 19.9. The van der Waals surface area contributed by atoms with Gasteiger partial charge in [0.25, 0.3) is 11.8 Å². The van der Waals surface area contributed by atoms with E-state index < -0.39 is 0 Å². The number of amides is 2. The highest BCUT2D eigenvalue weighted by atomic mass is 35.5. The van der Waals surface area contributed by atoms with Gasteiger partial charge in [-0.25, -0.2) is 0 Å². The van der Waals surface area contributed by atoms with Gasteiger partial charge in [-0.05, 0) is 48.4 Å². The molecule has 0 spiro atoms. The summed E-state index contributed by atoms with van der Waals surface area (Å²) in [5.74, 6) is -0.0797. The monoisotopic (exact) mass is 400 g/mol. The maximum absolute atomic E-state index is 13.0. The molecule has 6 nitrogen and oxygen atoms in total. The highest BCUT2D eigenvalue weighted by Crippen LogP contribution is 2.32. The molecule has 3 rings (SSSR count). The van der Waals surface area contributed by atoms with Crippen molar-refractivity contribution in [2.75, 3.05) is 32.7 Å². The Bertz CT molecular complexity index is 938. The van der Waals surface area contributed by atoms with Gasteiger partial charge in [0, 0.05) is 17.8 Å². The van der Waals surface area contributed by atoms with Gasteiger partial charge < -0.3 is 14.8 Å². The fourth-order valence-corrected chi connectivity index (χ4v) is 3.23. The molecular weight excluding hydrogens is 380 g/mol. The maximum Gasteiger partial charge on any atom is 0.278 e. The Morgan fingerprint density at radius 3 is 2.36 bits per heavy atom. The first-order valence-electron chi connectivity index (χ1n) is 8.73. The van der Waals surface area contributed by atoms with Crippen LogP contribution in [0.15, 0.2) is 48.2 Å². The van der Waals surface area contributed by atoms with Crippen molar-refractivity contribution in [3.63, 3.8) is 0 Å². The van der Waals surface area contributed by atoms with Crippen molar-refractivity contribution in [3.05, 3.63) is 64.3 Å². The Morgan fingerprint density at radius 2 is 1.75 bits per heavy atom. The molecule has 0 saturated carbocycles. The largest absolute Gasteiger partial charge is 0.497 e. The number of rotatable bonds is 7. The van der Waals surface area contributed by atoms with Crippen molar-refractivity contribution < 1.29 is 19.1 Å². The number of ether oxygens (including phenoxy) is 2. The Balaban J connectivity index is 2.05. The number of benzene rings is 2. The number of imide groups is 1. The predicted molar refractivity (Wildman–Crippen MR) is 108 cm³/mol. The smallest absolute Gasteiger partial charge is 0.278 e. The number of methoxy groups -OCH3 is 2. The van der Waals surface area contributed by atoms with Gasteiger partial charge in [0.15, 0.2) is 0 Å². The van der Waals surface area contributed by atoms with Gasteiger partial charge in [0.05, 0.1) is 25.8 Å². The number of hydrogen-bond acceptors (Lipinski definition) is 5. The lowest BCUT2D eigenvalue weighted by Gasteiger charge is -2.15. The van der Waals surface area contributed by atoms with E-state index in [0.29, 0.717) is 27.6 Å². The molecule has 1 N–H and O–H groups in total. The quantitative estimate of drug-likeness (QED) is 0.720. The fraction of sp³-hybridized carbons (Fsp3) is 0.238. The van der Waals surface area contributed by atoms with Crippen molar-refractivity contribution in [2.24, 2.45) is 0 Å². The second kappa shape index (κ2) is 8.46. The second-order valence-electron chi connectivity index (χ2n) is 6.32. The van der Waals surface area contributed by atoms with E-state index in [9.17, 15) is 9.59 Å². The van der Waals surface area contributed by atoms with Gasteiger partial charge >= 0.3 is 0 Å². The first-order valence-corrected chi connectivity index (χ1v) is 9.11. The van der Waals surface area contributed by atoms with Crippen molar-refractivity contribution in [2.45, 2.75) is 6.92 Å². The summed E-state index contributed by atoms with van der Waals surface area (Å²) >= 11 is 6.02. The van der Waals surface area contributed by atoms with Crippen LogP contribution >= 0.6 is 11.6 Å². The molecule has 0 aromatic heterocycles. The number of nitrogens with zero attached hydrogens (tertiary/aromatic N) is 1. The van der Waals surface area contributed by atoms with Crippen LogP contribution in [0.2, 0.25) is 5.02 Å². The molecule has 1 heterocycles. The zero-order valence-corrected chi connectivity index (χ0v) is 16.7. The number of nitrogens with one attached hydrogen (secondary N) is 1. The van der Waals surface area contributed by atoms with Crippen LogP contribution in [0, 0.1) is 6.92 Å². The number of hydrogen-bond donors (Lipinski definition) is 1. The van der Waals surface area contributed by atoms with Gasteiger partial charge in [-0.2, -0.15) is 0 Å². The van der Waals surface area contributed by atoms with Crippen LogP contribution in [0.5, 0.6) is 5.75 Å². The zero-order chi connectivity index (χ0) is 20.3. The van der Waals surface area contributed by atoms with Gasteiger partial charge in [-0.3, -0.25) is 14.5 Å². The van der Waals surface area contributed by atoms with Gasteiger partial charge in [0.2, 0.25) is 0 Å². The highest BCUT2D eigenvalue weighted by Gasteiger charge is 2.39. The molecule has 1 aliphatic heterocycles. The zero-order valence-electron chi connectivity index (χ0n) is 15.9. The lowest BCUT2D eigenvalue weighted by atomic mass is 10.0. The van der Waals surface area contributed by atoms with E-state index in [2.05, 4.69) is 5.32 Å². The van der Waals surface area contributed by atoms with E-state index in [1.165, 1.54) is 12.0 Å². The van der Waals surface area contributed by atoms with E-state index in [1.54, 1.807) is 49.6 Å². The topological polar surface area (TPSA) is 67.9 Å². The third-order valence-corrected chi connectivity index (χ3v) is 4.75. The predicted octanol–water partition coefficient (Wildman–Crippen LogP) is 3.50. The maximum atomic E-state index is 13.0. The molecule has 2 amide bonds. The molecule has 28 heavy (non-hydrogen) atoms. The van der Waals surface area contributed by atoms with Crippen LogP contribution in [0.1, 0.15) is 11.1 Å². The number of halogens is 1. The van der Waals surface area contributed by atoms with Gasteiger partial charge in [0.1, 0.15) is 11.4 Å². The van der Waals surface area contributed by atoms with E-state index in [4.69, 9.17) is 21.1 Å². The minimum atomic E-state index is -0.387. The summed E-state index contributed by atoms with van der Waals surface area (Å²) in [6, 6.07) is 12.3. The standard InChI is InChI=1S/C21H21ClN2O4/c1-13-12-15(22)6-9-17(13)23-19-18(14-4-7-16(28-3)8-5-14)20(25)24(21(19)26)10-11-27-2/h4-9,12,23H,10-11H2,1-3H3. The summed E-state index contributed by atoms with van der Waals surface area (Å²) in [5, 5.41) is 3.74. The molecule has 1 aliphatic rings. The van der Waals surface area contributed by atoms with E-state index in [-0.39, 0.29) is 30.7 Å². The Morgan fingerprint density at radius 1 is 1.04 bits per heavy atom. The Hall–Kier alpha value is -2.83. The summed E-state index contributed by atoms with van der Waals surface area (Å²) < 4.78 is 10.2. The van der Waals surface area contributed by atoms with Crippen molar-refractivity contribution >= 4 is 34.7 Å². The lowest BCUT2D eigenvalue weighted by molar-refractivity contribution is -0.137. The van der Waals surface area contributed by atoms with Gasteiger partial charge in [-0.1, -0.05) is 23.7 Å². The molecule has 0 bridgehead atoms. The number of carbonyl (C=O) groups is 2. The average Bonchev–Trinajstić information content (AvgIpc) is 2.92. The first-order chi connectivity index (χ1) is 13.5. The fourth-order valence-electron chi connectivity index (χ4n) is 3.01. The van der Waals surface area contributed by atoms with Gasteiger partial charge in [-0.15, -0.1) is 0 Å². The van der Waals surface area contributed by atoms with Crippen LogP contribution in [0.3, 0.4) is 0 Å². The Labute approximate surface area is 168 Å². The van der Waals surface area contributed by atoms with Crippen molar-refractivity contribution in [3.8, 4) is 5.75 Å². The van der Waals surface area contributed by atoms with Crippen LogP contribution in [-0.2, 0) is 14.3 Å². The third kappa shape index (κ3) is 3.88. The van der Waals surface area contributed by atoms with Crippen LogP contribution in [0.4, 0.5) is 5.69 Å². The molecule has 0 saturated heterocycles. The van der Waals surface area contributed by atoms with E-state index in [0.717, 1.165) is 5.56 Å². The van der Waals surface area contributed by atoms with Crippen LogP contribution < -0.4 is 10.1 Å². The molecular formula is C21H21ClN2O4. The number of aryl methyl sites for hydroxylation is 1. The number of anilines is 1. The molecule has 0 unspecified atom stereocenters. The molecule has 2 aromatic carbocycles. The molecule has 0 atom stereocenters. The van der Waals surface area contributed by atoms with Crippen molar-refractivity contribution in [1.82, 2.24) is 4.90 Å². The van der Waals surface area contributed by atoms with E-state index in [1.807, 2.05) is 6.92 Å². The molecule has 146 valence electrons. The molecule has 0 fully saturated rings. The molecule has 0 radical (unpaired) electrons. The molecule has 0 aliphatic carbocycles. The minimum absolute atomic E-state index is 0.179. The molecule has 7 heteroatoms. The average molecular weight is 401 g/mol. The highest BCUT2D eigenvalue weighted by molar-refractivity contribution is 6.36. The van der Waals surface area contributed by atoms with Crippen molar-refractivity contribution in [1.29, 1.82) is 0 Å². The normalized spacial score (nSPS) is 14.1. The summed E-state index contributed by atoms with van der Waals surface area (Å²) in [6.07, 6.45) is 0. The summed E-state index contributed by atoms with van der Waals surface area (Å²) in [6.45, 7) is 2.32. The Kier molecular flexibility index (Phi) is 6.02. The SMILES string of the molecule is COCCN1C(=O)C(Nc2ccc(Cl)cc2C)=C(c2ccc(OC)cc2)C1=O. The number of carbonyl (C=O) groups excluding carboxylic acids is 2. The lowest BCUT2D eigenvalue weighted by Crippen LogP contribution is -2.35. The van der Waals surface area contributed by atoms with E-state index >= 15 is 0 Å². The molecule has 2 aromatic rings. The second-order valence-corrected chi connectivity index (χ2v) is 6.75. The third-order valence-electron chi connectivity index (χ3n) is 4.51. The minimum Gasteiger partial charge on any atom is -0.497 e. The summed E-state index contributed by atoms with van der Waals surface area (Å²) in [7, 11) is 3.10. The van der Waals surface area contributed by atoms with Crippen LogP contribution in [-0.4, -0.2) is 44.1 Å². The van der Waals surface area contributed by atoms with Crippen LogP contribution in [0.25, 0.3) is 5.57 Å².